The van der Waals surface area contributed by atoms with Gasteiger partial charge in [-0.3, -0.25) is 4.79 Å². The minimum atomic E-state index is -0.717. The van der Waals surface area contributed by atoms with E-state index in [0.717, 1.165) is 32.4 Å². The molecule has 3 amide bonds. The number of hydrogen-bond donors (Lipinski definition) is 2. The Morgan fingerprint density at radius 1 is 1.15 bits per heavy atom. The summed E-state index contributed by atoms with van der Waals surface area (Å²) in [6.45, 7) is 2.67. The van der Waals surface area contributed by atoms with Gasteiger partial charge in [-0.15, -0.1) is 0 Å². The summed E-state index contributed by atoms with van der Waals surface area (Å²) in [5.41, 5.74) is 0.894. The molecule has 1 aromatic rings. The van der Waals surface area contributed by atoms with Crippen molar-refractivity contribution >= 4 is 29.2 Å². The highest BCUT2D eigenvalue weighted by molar-refractivity contribution is 6.33. The number of halogens is 1. The first-order chi connectivity index (χ1) is 12.5. The molecule has 8 heteroatoms. The zero-order valence-electron chi connectivity index (χ0n) is 14.6. The monoisotopic (exact) mass is 381 g/mol. The summed E-state index contributed by atoms with van der Waals surface area (Å²) in [5, 5.41) is 12.9. The van der Waals surface area contributed by atoms with Crippen molar-refractivity contribution in [3.63, 3.8) is 0 Å². The van der Waals surface area contributed by atoms with Crippen molar-refractivity contribution in [3.05, 3.63) is 28.8 Å². The van der Waals surface area contributed by atoms with Crippen LogP contribution in [0.2, 0.25) is 5.02 Å². The molecule has 0 spiro atoms. The van der Waals surface area contributed by atoms with E-state index in [0.29, 0.717) is 29.4 Å². The van der Waals surface area contributed by atoms with Crippen LogP contribution in [0.25, 0.3) is 0 Å². The molecule has 2 heterocycles. The Labute approximate surface area is 157 Å². The van der Waals surface area contributed by atoms with Crippen molar-refractivity contribution in [2.24, 2.45) is 0 Å². The van der Waals surface area contributed by atoms with Crippen LogP contribution in [0.1, 0.15) is 29.6 Å². The van der Waals surface area contributed by atoms with Crippen molar-refractivity contribution in [1.29, 1.82) is 0 Å². The van der Waals surface area contributed by atoms with Gasteiger partial charge in [0.05, 0.1) is 36.6 Å². The smallest absolute Gasteiger partial charge is 0.322 e. The molecular formula is C18H24ClN3O4. The minimum absolute atomic E-state index is 0.0459. The van der Waals surface area contributed by atoms with Crippen LogP contribution in [0.5, 0.6) is 0 Å². The van der Waals surface area contributed by atoms with Gasteiger partial charge in [-0.2, -0.15) is 0 Å². The van der Waals surface area contributed by atoms with Gasteiger partial charge in [0, 0.05) is 25.2 Å². The number of benzene rings is 1. The number of nitrogens with zero attached hydrogens (tertiary/aromatic N) is 2. The summed E-state index contributed by atoms with van der Waals surface area (Å²) in [6.07, 6.45) is 2.47. The summed E-state index contributed by atoms with van der Waals surface area (Å²) in [5.74, 6) is -0.0459. The number of ether oxygens (including phenoxy) is 1. The molecule has 1 atom stereocenters. The van der Waals surface area contributed by atoms with Crippen molar-refractivity contribution in [1.82, 2.24) is 9.80 Å². The third-order valence-corrected chi connectivity index (χ3v) is 4.96. The van der Waals surface area contributed by atoms with Gasteiger partial charge >= 0.3 is 6.03 Å². The van der Waals surface area contributed by atoms with Crippen LogP contribution >= 0.6 is 11.6 Å². The maximum atomic E-state index is 12.6. The Balaban J connectivity index is 1.70. The van der Waals surface area contributed by atoms with Gasteiger partial charge in [-0.1, -0.05) is 11.6 Å². The summed E-state index contributed by atoms with van der Waals surface area (Å²) in [6, 6.07) is 4.54. The molecule has 0 radical (unpaired) electrons. The van der Waals surface area contributed by atoms with Crippen LogP contribution < -0.4 is 5.32 Å². The second-order valence-corrected chi connectivity index (χ2v) is 7.06. The van der Waals surface area contributed by atoms with E-state index in [1.54, 1.807) is 18.2 Å². The number of nitrogens with one attached hydrogen (secondary N) is 1. The first-order valence-electron chi connectivity index (χ1n) is 8.95. The second kappa shape index (κ2) is 8.70. The van der Waals surface area contributed by atoms with Gasteiger partial charge in [0.15, 0.2) is 0 Å². The van der Waals surface area contributed by atoms with E-state index in [9.17, 15) is 14.7 Å². The van der Waals surface area contributed by atoms with Crippen molar-refractivity contribution in [2.75, 3.05) is 44.7 Å². The molecule has 0 aliphatic carbocycles. The summed E-state index contributed by atoms with van der Waals surface area (Å²) >= 11 is 6.20. The highest BCUT2D eigenvalue weighted by atomic mass is 35.5. The predicted molar refractivity (Wildman–Crippen MR) is 98.6 cm³/mol. The molecule has 3 rings (SSSR count). The molecule has 2 N–H and O–H groups in total. The molecule has 2 saturated heterocycles. The number of piperidine rings is 1. The zero-order valence-corrected chi connectivity index (χ0v) is 15.4. The molecule has 2 fully saturated rings. The SMILES string of the molecule is O=C(Nc1cc(C(=O)N2CCCCC2)ccc1Cl)N1CCOC[C@H](O)C1. The van der Waals surface area contributed by atoms with Gasteiger partial charge < -0.3 is 25.0 Å². The van der Waals surface area contributed by atoms with Gasteiger partial charge in [-0.25, -0.2) is 4.79 Å². The van der Waals surface area contributed by atoms with E-state index in [4.69, 9.17) is 16.3 Å². The molecule has 2 aliphatic rings. The van der Waals surface area contributed by atoms with Crippen molar-refractivity contribution in [2.45, 2.75) is 25.4 Å². The first-order valence-corrected chi connectivity index (χ1v) is 9.33. The van der Waals surface area contributed by atoms with Gasteiger partial charge in [-0.05, 0) is 37.5 Å². The van der Waals surface area contributed by atoms with E-state index in [1.807, 2.05) is 4.90 Å². The molecule has 2 aliphatic heterocycles. The molecule has 0 saturated carbocycles. The molecule has 1 aromatic carbocycles. The summed E-state index contributed by atoms with van der Waals surface area (Å²) in [4.78, 5) is 28.5. The van der Waals surface area contributed by atoms with E-state index in [-0.39, 0.29) is 25.1 Å². The lowest BCUT2D eigenvalue weighted by Crippen LogP contribution is -2.40. The van der Waals surface area contributed by atoms with Crippen LogP contribution in [0.3, 0.4) is 0 Å². The van der Waals surface area contributed by atoms with E-state index >= 15 is 0 Å². The lowest BCUT2D eigenvalue weighted by molar-refractivity contribution is 0.0575. The van der Waals surface area contributed by atoms with E-state index in [1.165, 1.54) is 4.90 Å². The lowest BCUT2D eigenvalue weighted by atomic mass is 10.1. The lowest BCUT2D eigenvalue weighted by Gasteiger charge is -2.27. The zero-order chi connectivity index (χ0) is 18.5. The first kappa shape index (κ1) is 18.9. The average molecular weight is 382 g/mol. The third kappa shape index (κ3) is 4.66. The normalized spacial score (nSPS) is 21.2. The molecule has 7 nitrogen and oxygen atoms in total. The fourth-order valence-electron chi connectivity index (χ4n) is 3.20. The Bertz CT molecular complexity index is 664. The number of rotatable bonds is 2. The van der Waals surface area contributed by atoms with Gasteiger partial charge in [0.2, 0.25) is 0 Å². The number of likely N-dealkylation sites (tertiary alicyclic amines) is 1. The largest absolute Gasteiger partial charge is 0.389 e. The maximum Gasteiger partial charge on any atom is 0.322 e. The summed E-state index contributed by atoms with van der Waals surface area (Å²) in [7, 11) is 0. The van der Waals surface area contributed by atoms with E-state index in [2.05, 4.69) is 5.32 Å². The Morgan fingerprint density at radius 3 is 2.69 bits per heavy atom. The molecule has 142 valence electrons. The second-order valence-electron chi connectivity index (χ2n) is 6.65. The van der Waals surface area contributed by atoms with Gasteiger partial charge in [0.1, 0.15) is 0 Å². The third-order valence-electron chi connectivity index (χ3n) is 4.63. The molecule has 26 heavy (non-hydrogen) atoms. The van der Waals surface area contributed by atoms with Crippen LogP contribution in [-0.2, 0) is 4.74 Å². The number of aliphatic hydroxyl groups excluding tert-OH is 1. The summed E-state index contributed by atoms with van der Waals surface area (Å²) < 4.78 is 5.23. The number of anilines is 1. The van der Waals surface area contributed by atoms with Crippen LogP contribution in [-0.4, -0.2) is 72.3 Å². The Kier molecular flexibility index (Phi) is 6.34. The number of β-amino-alcohol motifs (C(OH)–C–C–N with tert-alkyl or cyclic N) is 1. The average Bonchev–Trinajstić information content (AvgIpc) is 2.88. The molecule has 0 unspecified atom stereocenters. The maximum absolute atomic E-state index is 12.6. The number of hydrogen-bond acceptors (Lipinski definition) is 4. The van der Waals surface area contributed by atoms with E-state index < -0.39 is 6.10 Å². The van der Waals surface area contributed by atoms with Crippen LogP contribution in [0, 0.1) is 0 Å². The topological polar surface area (TPSA) is 82.1 Å². The van der Waals surface area contributed by atoms with Crippen molar-refractivity contribution < 1.29 is 19.4 Å². The standard InChI is InChI=1S/C18H24ClN3O4/c19-15-5-4-13(17(24)21-6-2-1-3-7-21)10-16(15)20-18(25)22-8-9-26-12-14(23)11-22/h4-5,10,14,23H,1-3,6-9,11-12H2,(H,20,25)/t14-/m1/s1. The number of amides is 3. The number of carbonyl (C=O) groups excluding carboxylic acids is 2. The minimum Gasteiger partial charge on any atom is -0.389 e. The fraction of sp³-hybridized carbons (Fsp3) is 0.556. The molecular weight excluding hydrogens is 358 g/mol. The molecule has 0 bridgehead atoms. The Morgan fingerprint density at radius 2 is 1.92 bits per heavy atom. The number of aliphatic hydroxyl groups is 1. The van der Waals surface area contributed by atoms with Crippen molar-refractivity contribution in [3.8, 4) is 0 Å². The highest BCUT2D eigenvalue weighted by Crippen LogP contribution is 2.25. The highest BCUT2D eigenvalue weighted by Gasteiger charge is 2.23. The Hall–Kier alpha value is -1.83. The number of urea groups is 1. The fourth-order valence-corrected chi connectivity index (χ4v) is 3.37. The van der Waals surface area contributed by atoms with Crippen LogP contribution in [0.15, 0.2) is 18.2 Å². The number of carbonyl (C=O) groups is 2. The molecule has 0 aromatic heterocycles. The van der Waals surface area contributed by atoms with Gasteiger partial charge in [0.25, 0.3) is 5.91 Å². The predicted octanol–water partition coefficient (Wildman–Crippen LogP) is 2.19. The van der Waals surface area contributed by atoms with Crippen LogP contribution in [0.4, 0.5) is 10.5 Å². The quantitative estimate of drug-likeness (QED) is 0.822.